The van der Waals surface area contributed by atoms with Crippen LogP contribution in [0.25, 0.3) is 0 Å². The Morgan fingerprint density at radius 2 is 2.20 bits per heavy atom. The van der Waals surface area contributed by atoms with Gasteiger partial charge in [-0.05, 0) is 17.7 Å². The molecule has 1 amide bonds. The summed E-state index contributed by atoms with van der Waals surface area (Å²) in [6.07, 6.45) is 0.424. The van der Waals surface area contributed by atoms with E-state index in [1.54, 1.807) is 0 Å². The number of ether oxygens (including phenoxy) is 1. The van der Waals surface area contributed by atoms with E-state index < -0.39 is 17.7 Å². The third-order valence-corrected chi connectivity index (χ3v) is 1.50. The minimum atomic E-state index is -0.975. The molecule has 1 aromatic rings. The third kappa shape index (κ3) is 3.34. The predicted octanol–water partition coefficient (Wildman–Crippen LogP) is 1.65. The lowest BCUT2D eigenvalue weighted by Gasteiger charge is -1.96. The predicted molar refractivity (Wildman–Crippen MR) is 49.5 cm³/mol. The Hall–Kier alpha value is -1.98. The van der Waals surface area contributed by atoms with Crippen LogP contribution in [0.2, 0.25) is 0 Å². The van der Waals surface area contributed by atoms with Gasteiger partial charge in [-0.15, -0.1) is 0 Å². The number of halogens is 2. The summed E-state index contributed by atoms with van der Waals surface area (Å²) in [5.41, 5.74) is 2.33. The van der Waals surface area contributed by atoms with E-state index in [2.05, 4.69) is 9.84 Å². The zero-order valence-corrected chi connectivity index (χ0v) is 7.83. The normalized spacial score (nSPS) is 10.3. The Bertz CT molecular complexity index is 394. The first-order valence-electron chi connectivity index (χ1n) is 3.95. The van der Waals surface area contributed by atoms with Crippen molar-refractivity contribution in [3.8, 4) is 0 Å². The van der Waals surface area contributed by atoms with Gasteiger partial charge >= 0.3 is 6.09 Å². The van der Waals surface area contributed by atoms with Crippen molar-refractivity contribution in [1.29, 1.82) is 0 Å². The van der Waals surface area contributed by atoms with Crippen molar-refractivity contribution in [3.05, 3.63) is 35.4 Å². The smallest absolute Gasteiger partial charge is 0.427 e. The Kier molecular flexibility index (Phi) is 3.73. The van der Waals surface area contributed by atoms with Crippen LogP contribution in [0.4, 0.5) is 13.6 Å². The summed E-state index contributed by atoms with van der Waals surface area (Å²) in [6, 6.07) is 3.24. The summed E-state index contributed by atoms with van der Waals surface area (Å²) in [7, 11) is 1.18. The molecule has 4 nitrogen and oxygen atoms in total. The highest BCUT2D eigenvalue weighted by Gasteiger charge is 2.00. The fraction of sp³-hybridized carbons (Fsp3) is 0.111. The Morgan fingerprint density at radius 1 is 1.47 bits per heavy atom. The van der Waals surface area contributed by atoms with Gasteiger partial charge < -0.3 is 4.74 Å². The number of hydrazone groups is 1. The van der Waals surface area contributed by atoms with Crippen LogP contribution in [-0.2, 0) is 4.74 Å². The average molecular weight is 214 g/mol. The zero-order valence-electron chi connectivity index (χ0n) is 7.83. The summed E-state index contributed by atoms with van der Waals surface area (Å²) in [6.45, 7) is 0. The van der Waals surface area contributed by atoms with Crippen LogP contribution in [0.5, 0.6) is 0 Å². The molecule has 1 rings (SSSR count). The number of rotatable bonds is 2. The molecule has 0 spiro atoms. The number of carbonyl (C=O) groups is 1. The molecule has 0 aromatic heterocycles. The summed E-state index contributed by atoms with van der Waals surface area (Å²) in [5, 5.41) is 3.44. The number of methoxy groups -OCH3 is 1. The van der Waals surface area contributed by atoms with Crippen LogP contribution in [-0.4, -0.2) is 19.4 Å². The SMILES string of the molecule is COC(=O)N/N=C/c1ccc(F)c(F)c1. The van der Waals surface area contributed by atoms with Crippen LogP contribution >= 0.6 is 0 Å². The molecule has 0 saturated heterocycles. The van der Waals surface area contributed by atoms with E-state index in [4.69, 9.17) is 0 Å². The molecule has 0 heterocycles. The summed E-state index contributed by atoms with van der Waals surface area (Å²) < 4.78 is 29.4. The van der Waals surface area contributed by atoms with Crippen LogP contribution in [0, 0.1) is 11.6 Å². The molecule has 0 saturated carbocycles. The number of carbonyl (C=O) groups excluding carboxylic acids is 1. The molecule has 15 heavy (non-hydrogen) atoms. The first-order chi connectivity index (χ1) is 7.13. The second-order valence-corrected chi connectivity index (χ2v) is 2.54. The first kappa shape index (κ1) is 11.1. The quantitative estimate of drug-likeness (QED) is 0.601. The van der Waals surface area contributed by atoms with Crippen molar-refractivity contribution in [2.45, 2.75) is 0 Å². The lowest BCUT2D eigenvalue weighted by atomic mass is 10.2. The summed E-state index contributed by atoms with van der Waals surface area (Å²) in [4.78, 5) is 10.5. The zero-order chi connectivity index (χ0) is 11.3. The fourth-order valence-corrected chi connectivity index (χ4v) is 0.798. The molecule has 0 aliphatic carbocycles. The molecule has 0 bridgehead atoms. The number of nitrogens with one attached hydrogen (secondary N) is 1. The van der Waals surface area contributed by atoms with Gasteiger partial charge in [-0.3, -0.25) is 0 Å². The molecule has 1 aromatic carbocycles. The Morgan fingerprint density at radius 3 is 2.80 bits per heavy atom. The highest BCUT2D eigenvalue weighted by molar-refractivity contribution is 5.80. The highest BCUT2D eigenvalue weighted by Crippen LogP contribution is 2.06. The van der Waals surface area contributed by atoms with E-state index in [1.807, 2.05) is 5.43 Å². The number of benzene rings is 1. The fourth-order valence-electron chi connectivity index (χ4n) is 0.798. The van der Waals surface area contributed by atoms with Crippen LogP contribution in [0.15, 0.2) is 23.3 Å². The van der Waals surface area contributed by atoms with Crippen molar-refractivity contribution >= 4 is 12.3 Å². The molecule has 6 heteroatoms. The standard InChI is InChI=1S/C9H8F2N2O2/c1-15-9(14)13-12-5-6-2-3-7(10)8(11)4-6/h2-5H,1H3,(H,13,14)/b12-5+. The molecule has 1 N–H and O–H groups in total. The number of hydrogen-bond donors (Lipinski definition) is 1. The van der Waals surface area contributed by atoms with E-state index in [-0.39, 0.29) is 0 Å². The molecule has 0 aliphatic rings. The third-order valence-electron chi connectivity index (χ3n) is 1.50. The van der Waals surface area contributed by atoms with Gasteiger partial charge in [0.1, 0.15) is 0 Å². The van der Waals surface area contributed by atoms with Gasteiger partial charge in [0, 0.05) is 0 Å². The van der Waals surface area contributed by atoms with Crippen LogP contribution in [0.1, 0.15) is 5.56 Å². The van der Waals surface area contributed by atoms with Crippen molar-refractivity contribution in [2.75, 3.05) is 7.11 Å². The topological polar surface area (TPSA) is 50.7 Å². The van der Waals surface area contributed by atoms with E-state index in [0.717, 1.165) is 12.1 Å². The maximum absolute atomic E-state index is 12.7. The Labute approximate surface area is 84.5 Å². The largest absolute Gasteiger partial charge is 0.452 e. The highest BCUT2D eigenvalue weighted by atomic mass is 19.2. The van der Waals surface area contributed by atoms with Crippen molar-refractivity contribution < 1.29 is 18.3 Å². The van der Waals surface area contributed by atoms with Gasteiger partial charge in [0.05, 0.1) is 13.3 Å². The molecule has 0 fully saturated rings. The summed E-state index contributed by atoms with van der Waals surface area (Å²) >= 11 is 0. The van der Waals surface area contributed by atoms with Crippen molar-refractivity contribution in [2.24, 2.45) is 5.10 Å². The number of amides is 1. The molecule has 0 aliphatic heterocycles. The second kappa shape index (κ2) is 5.04. The van der Waals surface area contributed by atoms with E-state index in [1.165, 1.54) is 19.4 Å². The molecule has 0 radical (unpaired) electrons. The van der Waals surface area contributed by atoms with Crippen LogP contribution in [0.3, 0.4) is 0 Å². The van der Waals surface area contributed by atoms with E-state index in [0.29, 0.717) is 5.56 Å². The molecular weight excluding hydrogens is 206 g/mol. The van der Waals surface area contributed by atoms with Gasteiger partial charge in [-0.2, -0.15) is 5.10 Å². The second-order valence-electron chi connectivity index (χ2n) is 2.54. The minimum absolute atomic E-state index is 0.324. The van der Waals surface area contributed by atoms with Gasteiger partial charge in [-0.25, -0.2) is 19.0 Å². The Balaban J connectivity index is 2.65. The average Bonchev–Trinajstić information content (AvgIpc) is 2.23. The van der Waals surface area contributed by atoms with Gasteiger partial charge in [0.2, 0.25) is 0 Å². The minimum Gasteiger partial charge on any atom is -0.452 e. The first-order valence-corrected chi connectivity index (χ1v) is 3.95. The van der Waals surface area contributed by atoms with E-state index in [9.17, 15) is 13.6 Å². The lowest BCUT2D eigenvalue weighted by molar-refractivity contribution is 0.171. The monoisotopic (exact) mass is 214 g/mol. The molecule has 0 atom stereocenters. The number of nitrogens with zero attached hydrogens (tertiary/aromatic N) is 1. The molecule has 80 valence electrons. The summed E-state index contributed by atoms with van der Waals surface area (Å²) in [5.74, 6) is -1.91. The maximum atomic E-state index is 12.7. The lowest BCUT2D eigenvalue weighted by Crippen LogP contribution is -2.16. The van der Waals surface area contributed by atoms with Crippen molar-refractivity contribution in [3.63, 3.8) is 0 Å². The van der Waals surface area contributed by atoms with Gasteiger partial charge in [0.25, 0.3) is 0 Å². The van der Waals surface area contributed by atoms with Crippen molar-refractivity contribution in [1.82, 2.24) is 5.43 Å². The van der Waals surface area contributed by atoms with Crippen LogP contribution < -0.4 is 5.43 Å². The molecular formula is C9H8F2N2O2. The maximum Gasteiger partial charge on any atom is 0.427 e. The van der Waals surface area contributed by atoms with Gasteiger partial charge in [-0.1, -0.05) is 6.07 Å². The molecule has 0 unspecified atom stereocenters. The van der Waals surface area contributed by atoms with E-state index >= 15 is 0 Å². The van der Waals surface area contributed by atoms with Gasteiger partial charge in [0.15, 0.2) is 11.6 Å². The number of hydrogen-bond acceptors (Lipinski definition) is 3.